The fourth-order valence-corrected chi connectivity index (χ4v) is 1.51. The van der Waals surface area contributed by atoms with Crippen LogP contribution in [-0.2, 0) is 13.5 Å². The molecule has 16 heavy (non-hydrogen) atoms. The van der Waals surface area contributed by atoms with Gasteiger partial charge in [-0.25, -0.2) is 9.97 Å². The van der Waals surface area contributed by atoms with E-state index in [2.05, 4.69) is 20.3 Å². The van der Waals surface area contributed by atoms with Gasteiger partial charge in [0.15, 0.2) is 0 Å². The molecule has 5 nitrogen and oxygen atoms in total. The zero-order valence-electron chi connectivity index (χ0n) is 9.51. The van der Waals surface area contributed by atoms with Gasteiger partial charge in [-0.05, 0) is 6.92 Å². The van der Waals surface area contributed by atoms with Crippen molar-refractivity contribution in [2.24, 2.45) is 7.05 Å². The maximum absolute atomic E-state index is 4.26. The van der Waals surface area contributed by atoms with Gasteiger partial charge in [-0.3, -0.25) is 4.98 Å². The molecule has 5 heteroatoms. The van der Waals surface area contributed by atoms with Crippen LogP contribution in [0.3, 0.4) is 0 Å². The Bertz CT molecular complexity index is 463. The molecule has 2 rings (SSSR count). The van der Waals surface area contributed by atoms with Crippen molar-refractivity contribution in [3.8, 4) is 0 Å². The van der Waals surface area contributed by atoms with Gasteiger partial charge in [-0.15, -0.1) is 0 Å². The fourth-order valence-electron chi connectivity index (χ4n) is 1.51. The second-order valence-corrected chi connectivity index (χ2v) is 3.62. The lowest BCUT2D eigenvalue weighted by Crippen LogP contribution is -2.10. The van der Waals surface area contributed by atoms with Crippen molar-refractivity contribution in [2.45, 2.75) is 13.3 Å². The van der Waals surface area contributed by atoms with E-state index in [1.807, 2.05) is 30.9 Å². The molecule has 0 aromatic carbocycles. The lowest BCUT2D eigenvalue weighted by molar-refractivity contribution is 0.787. The highest BCUT2D eigenvalue weighted by Crippen LogP contribution is 2.05. The summed E-state index contributed by atoms with van der Waals surface area (Å²) in [6.07, 6.45) is 8.01. The van der Waals surface area contributed by atoms with Gasteiger partial charge >= 0.3 is 0 Å². The van der Waals surface area contributed by atoms with Crippen LogP contribution in [0, 0.1) is 6.92 Å². The number of aryl methyl sites for hydroxylation is 2. The van der Waals surface area contributed by atoms with Crippen molar-refractivity contribution >= 4 is 5.82 Å². The monoisotopic (exact) mass is 217 g/mol. The van der Waals surface area contributed by atoms with Gasteiger partial charge in [-0.1, -0.05) is 0 Å². The number of hydrogen-bond acceptors (Lipinski definition) is 4. The standard InChI is InChI=1S/C11H15N5/c1-9-11(15-6-5-12-9)14-4-3-10-13-7-8-16(10)2/h5-8H,3-4H2,1-2H3,(H,14,15). The molecule has 0 radical (unpaired) electrons. The minimum absolute atomic E-state index is 0.810. The Labute approximate surface area is 94.6 Å². The predicted molar refractivity (Wildman–Crippen MR) is 62.2 cm³/mol. The normalized spacial score (nSPS) is 10.4. The van der Waals surface area contributed by atoms with Crippen LogP contribution in [-0.4, -0.2) is 26.1 Å². The quantitative estimate of drug-likeness (QED) is 0.835. The molecule has 2 aromatic heterocycles. The highest BCUT2D eigenvalue weighted by molar-refractivity contribution is 5.38. The van der Waals surface area contributed by atoms with Gasteiger partial charge < -0.3 is 9.88 Å². The van der Waals surface area contributed by atoms with Gasteiger partial charge in [-0.2, -0.15) is 0 Å². The van der Waals surface area contributed by atoms with Gasteiger partial charge in [0.25, 0.3) is 0 Å². The summed E-state index contributed by atoms with van der Waals surface area (Å²) in [4.78, 5) is 12.6. The van der Waals surface area contributed by atoms with Crippen LogP contribution in [0.2, 0.25) is 0 Å². The van der Waals surface area contributed by atoms with Gasteiger partial charge in [0.05, 0.1) is 5.69 Å². The number of anilines is 1. The molecule has 0 saturated heterocycles. The topological polar surface area (TPSA) is 55.6 Å². The van der Waals surface area contributed by atoms with Crippen LogP contribution in [0.15, 0.2) is 24.8 Å². The van der Waals surface area contributed by atoms with Crippen molar-refractivity contribution in [3.63, 3.8) is 0 Å². The smallest absolute Gasteiger partial charge is 0.147 e. The zero-order chi connectivity index (χ0) is 11.4. The molecule has 0 atom stereocenters. The third kappa shape index (κ3) is 2.36. The summed E-state index contributed by atoms with van der Waals surface area (Å²) in [5, 5.41) is 3.25. The van der Waals surface area contributed by atoms with Crippen LogP contribution in [0.5, 0.6) is 0 Å². The lowest BCUT2D eigenvalue weighted by Gasteiger charge is -2.07. The zero-order valence-corrected chi connectivity index (χ0v) is 9.51. The van der Waals surface area contributed by atoms with E-state index in [0.29, 0.717) is 0 Å². The first-order valence-electron chi connectivity index (χ1n) is 5.25. The Morgan fingerprint density at radius 1 is 1.19 bits per heavy atom. The Kier molecular flexibility index (Phi) is 3.14. The Hall–Kier alpha value is -1.91. The number of nitrogens with one attached hydrogen (secondary N) is 1. The third-order valence-electron chi connectivity index (χ3n) is 2.44. The molecule has 1 N–H and O–H groups in total. The first-order chi connectivity index (χ1) is 7.77. The maximum atomic E-state index is 4.26. The average Bonchev–Trinajstić information content (AvgIpc) is 2.67. The number of rotatable bonds is 4. The minimum atomic E-state index is 0.810. The molecule has 0 fully saturated rings. The number of imidazole rings is 1. The van der Waals surface area contributed by atoms with Crippen LogP contribution in [0.4, 0.5) is 5.82 Å². The molecule has 0 aliphatic carbocycles. The molecule has 0 amide bonds. The van der Waals surface area contributed by atoms with Crippen molar-refractivity contribution in [1.29, 1.82) is 0 Å². The number of nitrogens with zero attached hydrogens (tertiary/aromatic N) is 4. The van der Waals surface area contributed by atoms with Crippen LogP contribution in [0.25, 0.3) is 0 Å². The summed E-state index contributed by atoms with van der Waals surface area (Å²) in [6, 6.07) is 0. The highest BCUT2D eigenvalue weighted by Gasteiger charge is 2.01. The van der Waals surface area contributed by atoms with E-state index >= 15 is 0 Å². The first kappa shape index (κ1) is 10.6. The summed E-state index contributed by atoms with van der Waals surface area (Å²) in [5.41, 5.74) is 0.919. The third-order valence-corrected chi connectivity index (χ3v) is 2.44. The van der Waals surface area contributed by atoms with E-state index in [1.54, 1.807) is 12.4 Å². The molecular weight excluding hydrogens is 202 g/mol. The molecule has 0 bridgehead atoms. The average molecular weight is 217 g/mol. The van der Waals surface area contributed by atoms with E-state index in [1.165, 1.54) is 0 Å². The largest absolute Gasteiger partial charge is 0.368 e. The van der Waals surface area contributed by atoms with Crippen molar-refractivity contribution in [3.05, 3.63) is 36.3 Å². The molecule has 0 unspecified atom stereocenters. The SMILES string of the molecule is Cc1nccnc1NCCc1nccn1C. The van der Waals surface area contributed by atoms with Crippen LogP contribution >= 0.6 is 0 Å². The number of aromatic nitrogens is 4. The van der Waals surface area contributed by atoms with E-state index < -0.39 is 0 Å². The molecule has 0 aliphatic heterocycles. The van der Waals surface area contributed by atoms with Crippen molar-refractivity contribution in [2.75, 3.05) is 11.9 Å². The Morgan fingerprint density at radius 2 is 2.00 bits per heavy atom. The van der Waals surface area contributed by atoms with Gasteiger partial charge in [0, 0.05) is 44.8 Å². The first-order valence-corrected chi connectivity index (χ1v) is 5.25. The lowest BCUT2D eigenvalue weighted by atomic mass is 10.3. The molecule has 0 spiro atoms. The molecule has 2 aromatic rings. The highest BCUT2D eigenvalue weighted by atomic mass is 15.1. The van der Waals surface area contributed by atoms with Crippen LogP contribution < -0.4 is 5.32 Å². The molecular formula is C11H15N5. The molecule has 2 heterocycles. The Morgan fingerprint density at radius 3 is 2.69 bits per heavy atom. The summed E-state index contributed by atoms with van der Waals surface area (Å²) in [5.74, 6) is 1.91. The number of hydrogen-bond donors (Lipinski definition) is 1. The molecule has 0 aliphatic rings. The van der Waals surface area contributed by atoms with Crippen LogP contribution in [0.1, 0.15) is 11.5 Å². The summed E-state index contributed by atoms with van der Waals surface area (Å²) in [6.45, 7) is 2.75. The van der Waals surface area contributed by atoms with E-state index in [-0.39, 0.29) is 0 Å². The van der Waals surface area contributed by atoms with Crippen molar-refractivity contribution in [1.82, 2.24) is 19.5 Å². The van der Waals surface area contributed by atoms with E-state index in [0.717, 1.165) is 30.3 Å². The van der Waals surface area contributed by atoms with Crippen molar-refractivity contribution < 1.29 is 0 Å². The van der Waals surface area contributed by atoms with E-state index in [9.17, 15) is 0 Å². The molecule has 0 saturated carbocycles. The summed E-state index contributed by atoms with van der Waals surface area (Å²) in [7, 11) is 2.00. The summed E-state index contributed by atoms with van der Waals surface area (Å²) < 4.78 is 2.02. The molecule has 84 valence electrons. The predicted octanol–water partition coefficient (Wildman–Crippen LogP) is 1.17. The van der Waals surface area contributed by atoms with Gasteiger partial charge in [0.2, 0.25) is 0 Å². The Balaban J connectivity index is 1.89. The summed E-state index contributed by atoms with van der Waals surface area (Å²) >= 11 is 0. The fraction of sp³-hybridized carbons (Fsp3) is 0.364. The second-order valence-electron chi connectivity index (χ2n) is 3.62. The van der Waals surface area contributed by atoms with E-state index in [4.69, 9.17) is 0 Å². The second kappa shape index (κ2) is 4.74. The minimum Gasteiger partial charge on any atom is -0.368 e. The maximum Gasteiger partial charge on any atom is 0.147 e. The van der Waals surface area contributed by atoms with Gasteiger partial charge in [0.1, 0.15) is 11.6 Å².